The van der Waals surface area contributed by atoms with E-state index in [4.69, 9.17) is 0 Å². The summed E-state index contributed by atoms with van der Waals surface area (Å²) < 4.78 is 13.9. The Morgan fingerprint density at radius 1 is 1.42 bits per heavy atom. The minimum absolute atomic E-state index is 0.0942. The zero-order valence-corrected chi connectivity index (χ0v) is 12.0. The van der Waals surface area contributed by atoms with Crippen molar-refractivity contribution >= 4 is 0 Å². The molecule has 0 saturated carbocycles. The van der Waals surface area contributed by atoms with E-state index in [0.717, 1.165) is 31.0 Å². The first kappa shape index (κ1) is 14.5. The van der Waals surface area contributed by atoms with Crippen molar-refractivity contribution in [2.75, 3.05) is 26.2 Å². The second-order valence-electron chi connectivity index (χ2n) is 5.61. The minimum Gasteiger partial charge on any atom is -0.310 e. The first-order valence-corrected chi connectivity index (χ1v) is 7.41. The van der Waals surface area contributed by atoms with Crippen LogP contribution in [0.2, 0.25) is 0 Å². The maximum Gasteiger partial charge on any atom is 0.127 e. The molecule has 1 aromatic rings. The van der Waals surface area contributed by atoms with Gasteiger partial charge in [0, 0.05) is 18.2 Å². The molecule has 2 unspecified atom stereocenters. The predicted octanol–water partition coefficient (Wildman–Crippen LogP) is 3.21. The van der Waals surface area contributed by atoms with Gasteiger partial charge in [0.1, 0.15) is 5.82 Å². The molecule has 1 saturated heterocycles. The summed E-state index contributed by atoms with van der Waals surface area (Å²) in [5.74, 6) is 0.717. The van der Waals surface area contributed by atoms with Crippen LogP contribution in [0.25, 0.3) is 0 Å². The number of hydrogen-bond acceptors (Lipinski definition) is 2. The van der Waals surface area contributed by atoms with Crippen LogP contribution in [-0.4, -0.2) is 31.1 Å². The van der Waals surface area contributed by atoms with Crippen LogP contribution < -0.4 is 5.32 Å². The molecule has 0 bridgehead atoms. The second kappa shape index (κ2) is 7.01. The number of halogens is 1. The lowest BCUT2D eigenvalue weighted by molar-refractivity contribution is 0.301. The highest BCUT2D eigenvalue weighted by atomic mass is 19.1. The minimum atomic E-state index is -0.0942. The summed E-state index contributed by atoms with van der Waals surface area (Å²) in [6.07, 6.45) is 2.27. The number of benzene rings is 1. The molecule has 106 valence electrons. The second-order valence-corrected chi connectivity index (χ2v) is 5.61. The molecule has 2 atom stereocenters. The van der Waals surface area contributed by atoms with Crippen LogP contribution in [0.15, 0.2) is 24.3 Å². The van der Waals surface area contributed by atoms with Gasteiger partial charge in [0.15, 0.2) is 0 Å². The fraction of sp³-hybridized carbons (Fsp3) is 0.625. The van der Waals surface area contributed by atoms with E-state index in [9.17, 15) is 4.39 Å². The molecular formula is C16H25FN2. The maximum atomic E-state index is 13.9. The SMILES string of the molecule is CCNC(CCN1CCC(C)C1)c1ccccc1F. The molecule has 0 aliphatic carbocycles. The molecule has 1 aliphatic heterocycles. The molecule has 1 N–H and O–H groups in total. The fourth-order valence-electron chi connectivity index (χ4n) is 2.91. The predicted molar refractivity (Wildman–Crippen MR) is 77.7 cm³/mol. The largest absolute Gasteiger partial charge is 0.310 e. The zero-order valence-electron chi connectivity index (χ0n) is 12.0. The van der Waals surface area contributed by atoms with Crippen LogP contribution in [0, 0.1) is 11.7 Å². The van der Waals surface area contributed by atoms with Crippen molar-refractivity contribution in [3.8, 4) is 0 Å². The average Bonchev–Trinajstić information content (AvgIpc) is 2.81. The Labute approximate surface area is 116 Å². The summed E-state index contributed by atoms with van der Waals surface area (Å²) in [5.41, 5.74) is 0.802. The van der Waals surface area contributed by atoms with Crippen LogP contribution >= 0.6 is 0 Å². The van der Waals surface area contributed by atoms with Crippen LogP contribution in [0.4, 0.5) is 4.39 Å². The van der Waals surface area contributed by atoms with Crippen molar-refractivity contribution in [2.45, 2.75) is 32.7 Å². The summed E-state index contributed by atoms with van der Waals surface area (Å²) in [6, 6.07) is 7.25. The Morgan fingerprint density at radius 2 is 2.21 bits per heavy atom. The van der Waals surface area contributed by atoms with Crippen LogP contribution in [0.5, 0.6) is 0 Å². The molecule has 3 heteroatoms. The van der Waals surface area contributed by atoms with Gasteiger partial charge in [-0.15, -0.1) is 0 Å². The Hall–Kier alpha value is -0.930. The topological polar surface area (TPSA) is 15.3 Å². The van der Waals surface area contributed by atoms with Gasteiger partial charge >= 0.3 is 0 Å². The van der Waals surface area contributed by atoms with Gasteiger partial charge in [-0.05, 0) is 44.5 Å². The van der Waals surface area contributed by atoms with Gasteiger partial charge in [0.05, 0.1) is 0 Å². The number of nitrogens with one attached hydrogen (secondary N) is 1. The third-order valence-electron chi connectivity index (χ3n) is 3.97. The average molecular weight is 264 g/mol. The van der Waals surface area contributed by atoms with E-state index in [1.54, 1.807) is 12.1 Å². The molecule has 1 aromatic carbocycles. The Morgan fingerprint density at radius 3 is 2.84 bits per heavy atom. The molecule has 1 heterocycles. The molecular weight excluding hydrogens is 239 g/mol. The Bertz CT molecular complexity index is 394. The smallest absolute Gasteiger partial charge is 0.127 e. The number of rotatable bonds is 6. The van der Waals surface area contributed by atoms with Gasteiger partial charge in [-0.3, -0.25) is 0 Å². The van der Waals surface area contributed by atoms with Crippen molar-refractivity contribution < 1.29 is 4.39 Å². The van der Waals surface area contributed by atoms with Crippen molar-refractivity contribution in [1.82, 2.24) is 10.2 Å². The van der Waals surface area contributed by atoms with Gasteiger partial charge in [0.25, 0.3) is 0 Å². The molecule has 2 nitrogen and oxygen atoms in total. The lowest BCUT2D eigenvalue weighted by Gasteiger charge is -2.22. The summed E-state index contributed by atoms with van der Waals surface area (Å²) in [4.78, 5) is 2.50. The summed E-state index contributed by atoms with van der Waals surface area (Å²) in [6.45, 7) is 8.68. The van der Waals surface area contributed by atoms with Crippen molar-refractivity contribution in [3.05, 3.63) is 35.6 Å². The van der Waals surface area contributed by atoms with Gasteiger partial charge in [-0.25, -0.2) is 4.39 Å². The lowest BCUT2D eigenvalue weighted by Crippen LogP contribution is -2.28. The Balaban J connectivity index is 1.94. The maximum absolute atomic E-state index is 13.9. The number of likely N-dealkylation sites (tertiary alicyclic amines) is 1. The molecule has 0 spiro atoms. The lowest BCUT2D eigenvalue weighted by atomic mass is 10.0. The fourth-order valence-corrected chi connectivity index (χ4v) is 2.91. The van der Waals surface area contributed by atoms with E-state index < -0.39 is 0 Å². The van der Waals surface area contributed by atoms with Crippen LogP contribution in [0.1, 0.15) is 38.3 Å². The molecule has 1 fully saturated rings. The third-order valence-corrected chi connectivity index (χ3v) is 3.97. The first-order chi connectivity index (χ1) is 9.20. The van der Waals surface area contributed by atoms with Crippen molar-refractivity contribution in [3.63, 3.8) is 0 Å². The van der Waals surface area contributed by atoms with E-state index in [0.29, 0.717) is 0 Å². The highest BCUT2D eigenvalue weighted by molar-refractivity contribution is 5.21. The monoisotopic (exact) mass is 264 g/mol. The highest BCUT2D eigenvalue weighted by Crippen LogP contribution is 2.22. The zero-order chi connectivity index (χ0) is 13.7. The Kier molecular flexibility index (Phi) is 5.34. The van der Waals surface area contributed by atoms with E-state index >= 15 is 0 Å². The van der Waals surface area contributed by atoms with E-state index in [1.807, 2.05) is 12.1 Å². The number of nitrogens with zero attached hydrogens (tertiary/aromatic N) is 1. The highest BCUT2D eigenvalue weighted by Gasteiger charge is 2.20. The standard InChI is InChI=1S/C16H25FN2/c1-3-18-16(14-6-4-5-7-15(14)17)9-11-19-10-8-13(2)12-19/h4-7,13,16,18H,3,8-12H2,1-2H3. The number of hydrogen-bond donors (Lipinski definition) is 1. The third kappa shape index (κ3) is 4.02. The van der Waals surface area contributed by atoms with E-state index in [-0.39, 0.29) is 11.9 Å². The normalized spacial score (nSPS) is 21.7. The van der Waals surface area contributed by atoms with Gasteiger partial charge in [-0.2, -0.15) is 0 Å². The van der Waals surface area contributed by atoms with E-state index in [1.165, 1.54) is 19.5 Å². The molecule has 2 rings (SSSR count). The first-order valence-electron chi connectivity index (χ1n) is 7.41. The molecule has 19 heavy (non-hydrogen) atoms. The quantitative estimate of drug-likeness (QED) is 0.849. The summed E-state index contributed by atoms with van der Waals surface area (Å²) in [7, 11) is 0. The summed E-state index contributed by atoms with van der Waals surface area (Å²) in [5, 5.41) is 3.41. The molecule has 0 amide bonds. The van der Waals surface area contributed by atoms with Gasteiger partial charge < -0.3 is 10.2 Å². The van der Waals surface area contributed by atoms with Crippen LogP contribution in [-0.2, 0) is 0 Å². The molecule has 0 radical (unpaired) electrons. The van der Waals surface area contributed by atoms with Gasteiger partial charge in [-0.1, -0.05) is 32.0 Å². The summed E-state index contributed by atoms with van der Waals surface area (Å²) >= 11 is 0. The van der Waals surface area contributed by atoms with Crippen molar-refractivity contribution in [2.24, 2.45) is 5.92 Å². The molecule has 1 aliphatic rings. The van der Waals surface area contributed by atoms with E-state index in [2.05, 4.69) is 24.1 Å². The van der Waals surface area contributed by atoms with Crippen molar-refractivity contribution in [1.29, 1.82) is 0 Å². The van der Waals surface area contributed by atoms with Gasteiger partial charge in [0.2, 0.25) is 0 Å². The molecule has 0 aromatic heterocycles. The van der Waals surface area contributed by atoms with Crippen LogP contribution in [0.3, 0.4) is 0 Å².